The number of anilines is 3. The maximum atomic E-state index is 12.3. The predicted octanol–water partition coefficient (Wildman–Crippen LogP) is 4.24. The molecule has 0 amide bonds. The lowest BCUT2D eigenvalue weighted by Crippen LogP contribution is -2.13. The number of nitrogens with one attached hydrogen (secondary N) is 2. The van der Waals surface area contributed by atoms with E-state index in [1.807, 2.05) is 26.0 Å². The zero-order valence-electron chi connectivity index (χ0n) is 14.0. The van der Waals surface area contributed by atoms with Crippen LogP contribution in [-0.2, 0) is 10.0 Å². The van der Waals surface area contributed by atoms with Crippen molar-refractivity contribution in [3.05, 3.63) is 78.0 Å². The second kappa shape index (κ2) is 6.94. The molecule has 3 rings (SSSR count). The summed E-state index contributed by atoms with van der Waals surface area (Å²) >= 11 is 0. The van der Waals surface area contributed by atoms with Gasteiger partial charge in [-0.1, -0.05) is 35.9 Å². The van der Waals surface area contributed by atoms with Gasteiger partial charge in [-0.15, -0.1) is 0 Å². The molecule has 2 N–H and O–H groups in total. The van der Waals surface area contributed by atoms with Crippen molar-refractivity contribution in [1.82, 2.24) is 4.98 Å². The van der Waals surface area contributed by atoms with Crippen LogP contribution in [0.5, 0.6) is 0 Å². The number of pyridine rings is 1. The highest BCUT2D eigenvalue weighted by atomic mass is 32.2. The van der Waals surface area contributed by atoms with E-state index in [0.29, 0.717) is 0 Å². The van der Waals surface area contributed by atoms with Gasteiger partial charge in [0.2, 0.25) is 0 Å². The van der Waals surface area contributed by atoms with Gasteiger partial charge in [0.05, 0.1) is 16.8 Å². The van der Waals surface area contributed by atoms with E-state index in [-0.39, 0.29) is 10.7 Å². The first-order chi connectivity index (χ1) is 11.9. The van der Waals surface area contributed by atoms with Crippen LogP contribution in [0.4, 0.5) is 17.2 Å². The molecule has 0 saturated carbocycles. The van der Waals surface area contributed by atoms with E-state index in [2.05, 4.69) is 21.1 Å². The molecule has 0 atom stereocenters. The van der Waals surface area contributed by atoms with Crippen LogP contribution in [0, 0.1) is 13.8 Å². The number of nitrogens with zero attached hydrogens (tertiary/aromatic N) is 1. The molecule has 25 heavy (non-hydrogen) atoms. The van der Waals surface area contributed by atoms with E-state index in [0.717, 1.165) is 16.9 Å². The molecule has 0 saturated heterocycles. The lowest BCUT2D eigenvalue weighted by atomic mass is 10.1. The van der Waals surface area contributed by atoms with Gasteiger partial charge < -0.3 is 5.32 Å². The predicted molar refractivity (Wildman–Crippen MR) is 101 cm³/mol. The maximum Gasteiger partial charge on any atom is 0.263 e. The first-order valence-corrected chi connectivity index (χ1v) is 9.30. The third-order valence-electron chi connectivity index (χ3n) is 3.72. The average molecular weight is 353 g/mol. The van der Waals surface area contributed by atoms with Crippen LogP contribution < -0.4 is 10.0 Å². The van der Waals surface area contributed by atoms with Crippen LogP contribution in [-0.4, -0.2) is 13.4 Å². The van der Waals surface area contributed by atoms with Gasteiger partial charge in [-0.05, 0) is 49.7 Å². The van der Waals surface area contributed by atoms with Gasteiger partial charge in [0.15, 0.2) is 0 Å². The molecular weight excluding hydrogens is 334 g/mol. The Hall–Kier alpha value is -2.86. The molecule has 3 aromatic rings. The number of hydrogen-bond donors (Lipinski definition) is 2. The Morgan fingerprint density at radius 1 is 0.920 bits per heavy atom. The molecule has 0 aliphatic heterocycles. The maximum absolute atomic E-state index is 12.3. The van der Waals surface area contributed by atoms with Crippen molar-refractivity contribution in [3.63, 3.8) is 0 Å². The molecule has 0 fully saturated rings. The molecule has 0 bridgehead atoms. The Labute approximate surface area is 147 Å². The van der Waals surface area contributed by atoms with E-state index >= 15 is 0 Å². The van der Waals surface area contributed by atoms with Gasteiger partial charge in [0, 0.05) is 5.69 Å². The fraction of sp³-hybridized carbons (Fsp3) is 0.105. The minimum absolute atomic E-state index is 0.203. The van der Waals surface area contributed by atoms with Crippen LogP contribution in [0.15, 0.2) is 71.8 Å². The lowest BCUT2D eigenvalue weighted by Gasteiger charge is -2.11. The Morgan fingerprint density at radius 3 is 2.32 bits per heavy atom. The van der Waals surface area contributed by atoms with Crippen molar-refractivity contribution < 1.29 is 8.42 Å². The molecule has 6 heteroatoms. The molecule has 1 heterocycles. The standard InChI is InChI=1S/C19H19N3O2S/c1-14-8-10-18(15(2)12-14)21-16-9-11-19(20-13-16)22-25(23,24)17-6-4-3-5-7-17/h3-13,21H,1-2H3,(H,20,22). The fourth-order valence-electron chi connectivity index (χ4n) is 2.43. The second-order valence-electron chi connectivity index (χ2n) is 5.79. The van der Waals surface area contributed by atoms with E-state index in [1.54, 1.807) is 48.7 Å². The number of sulfonamides is 1. The first-order valence-electron chi connectivity index (χ1n) is 7.82. The molecule has 128 valence electrons. The normalized spacial score (nSPS) is 11.1. The number of aryl methyl sites for hydroxylation is 2. The molecule has 2 aromatic carbocycles. The highest BCUT2D eigenvalue weighted by molar-refractivity contribution is 7.92. The Bertz CT molecular complexity index is 969. The summed E-state index contributed by atoms with van der Waals surface area (Å²) in [6.45, 7) is 4.08. The smallest absolute Gasteiger partial charge is 0.263 e. The topological polar surface area (TPSA) is 71.1 Å². The van der Waals surface area contributed by atoms with Crippen LogP contribution >= 0.6 is 0 Å². The number of rotatable bonds is 5. The van der Waals surface area contributed by atoms with Gasteiger partial charge in [-0.2, -0.15) is 0 Å². The quantitative estimate of drug-likeness (QED) is 0.719. The zero-order chi connectivity index (χ0) is 17.9. The third-order valence-corrected chi connectivity index (χ3v) is 5.09. The van der Waals surface area contributed by atoms with Crippen LogP contribution in [0.1, 0.15) is 11.1 Å². The summed E-state index contributed by atoms with van der Waals surface area (Å²) in [6.07, 6.45) is 1.60. The van der Waals surface area contributed by atoms with Crippen molar-refractivity contribution in [2.45, 2.75) is 18.7 Å². The fourth-order valence-corrected chi connectivity index (χ4v) is 3.46. The van der Waals surface area contributed by atoms with E-state index in [4.69, 9.17) is 0 Å². The summed E-state index contributed by atoms with van der Waals surface area (Å²) in [4.78, 5) is 4.38. The number of aromatic nitrogens is 1. The van der Waals surface area contributed by atoms with Crippen LogP contribution in [0.2, 0.25) is 0 Å². The van der Waals surface area contributed by atoms with Crippen molar-refractivity contribution >= 4 is 27.2 Å². The van der Waals surface area contributed by atoms with Crippen LogP contribution in [0.3, 0.4) is 0 Å². The summed E-state index contributed by atoms with van der Waals surface area (Å²) in [5, 5.41) is 3.28. The summed E-state index contributed by atoms with van der Waals surface area (Å²) in [7, 11) is -3.63. The van der Waals surface area contributed by atoms with Crippen molar-refractivity contribution in [1.29, 1.82) is 0 Å². The minimum atomic E-state index is -3.63. The molecule has 1 aromatic heterocycles. The first kappa shape index (κ1) is 17.0. The third kappa shape index (κ3) is 4.16. The Balaban J connectivity index is 1.74. The van der Waals surface area contributed by atoms with Gasteiger partial charge >= 0.3 is 0 Å². The molecule has 0 radical (unpaired) electrons. The summed E-state index contributed by atoms with van der Waals surface area (Å²) in [5.41, 5.74) is 4.11. The van der Waals surface area contributed by atoms with Crippen molar-refractivity contribution in [2.24, 2.45) is 0 Å². The summed E-state index contributed by atoms with van der Waals surface area (Å²) < 4.78 is 27.1. The molecule has 5 nitrogen and oxygen atoms in total. The van der Waals surface area contributed by atoms with E-state index < -0.39 is 10.0 Å². The second-order valence-corrected chi connectivity index (χ2v) is 7.48. The number of benzene rings is 2. The molecule has 0 aliphatic carbocycles. The summed E-state index contributed by atoms with van der Waals surface area (Å²) in [6, 6.07) is 17.8. The number of hydrogen-bond acceptors (Lipinski definition) is 4. The largest absolute Gasteiger partial charge is 0.354 e. The molecule has 0 unspecified atom stereocenters. The van der Waals surface area contributed by atoms with Gasteiger partial charge in [0.25, 0.3) is 10.0 Å². The monoisotopic (exact) mass is 353 g/mol. The van der Waals surface area contributed by atoms with E-state index in [1.165, 1.54) is 5.56 Å². The zero-order valence-corrected chi connectivity index (χ0v) is 14.8. The lowest BCUT2D eigenvalue weighted by molar-refractivity contribution is 0.601. The Morgan fingerprint density at radius 2 is 1.68 bits per heavy atom. The van der Waals surface area contributed by atoms with Gasteiger partial charge in [-0.3, -0.25) is 4.72 Å². The van der Waals surface area contributed by atoms with E-state index in [9.17, 15) is 8.42 Å². The van der Waals surface area contributed by atoms with Crippen LogP contribution in [0.25, 0.3) is 0 Å². The Kier molecular flexibility index (Phi) is 4.72. The average Bonchev–Trinajstić information content (AvgIpc) is 2.59. The molecular formula is C19H19N3O2S. The molecule has 0 spiro atoms. The molecule has 0 aliphatic rings. The minimum Gasteiger partial charge on any atom is -0.354 e. The van der Waals surface area contributed by atoms with Gasteiger partial charge in [0.1, 0.15) is 5.82 Å². The highest BCUT2D eigenvalue weighted by Gasteiger charge is 2.13. The SMILES string of the molecule is Cc1ccc(Nc2ccc(NS(=O)(=O)c3ccccc3)nc2)c(C)c1. The highest BCUT2D eigenvalue weighted by Crippen LogP contribution is 2.22. The van der Waals surface area contributed by atoms with Crippen molar-refractivity contribution in [3.8, 4) is 0 Å². The summed E-state index contributed by atoms with van der Waals surface area (Å²) in [5.74, 6) is 0.273. The van der Waals surface area contributed by atoms with Crippen molar-refractivity contribution in [2.75, 3.05) is 10.0 Å². The van der Waals surface area contributed by atoms with Gasteiger partial charge in [-0.25, -0.2) is 13.4 Å².